The average Bonchev–Trinajstić information content (AvgIpc) is 3.26. The number of nitrogens with zero attached hydrogens (tertiary/aromatic N) is 3. The molecule has 1 aromatic heterocycles. The number of carbonyl (C=O) groups is 2. The number of aromatic amines is 1. The van der Waals surface area contributed by atoms with Crippen molar-refractivity contribution in [3.63, 3.8) is 0 Å². The Morgan fingerprint density at radius 1 is 1.28 bits per heavy atom. The molecule has 0 saturated carbocycles. The number of benzene rings is 1. The molecule has 2 aliphatic heterocycles. The number of rotatable bonds is 4. The lowest BCUT2D eigenvalue weighted by atomic mass is 10.1. The summed E-state index contributed by atoms with van der Waals surface area (Å²) in [4.78, 5) is 34.5. The predicted molar refractivity (Wildman–Crippen MR) is 96.4 cm³/mol. The number of amides is 2. The van der Waals surface area contributed by atoms with Crippen LogP contribution in [-0.2, 0) is 4.79 Å². The van der Waals surface area contributed by atoms with Gasteiger partial charge in [0.15, 0.2) is 0 Å². The van der Waals surface area contributed by atoms with Gasteiger partial charge in [0.2, 0.25) is 5.91 Å². The van der Waals surface area contributed by atoms with Crippen molar-refractivity contribution in [1.82, 2.24) is 19.7 Å². The van der Waals surface area contributed by atoms with Crippen molar-refractivity contribution < 1.29 is 9.59 Å². The van der Waals surface area contributed by atoms with Crippen molar-refractivity contribution in [2.24, 2.45) is 0 Å². The SMILES string of the molecule is CN(C)CCN1C(=O)C[C@H]2[C@H]1CCN2C(=O)c1ccc2[nH]ccc2c1. The van der Waals surface area contributed by atoms with Crippen molar-refractivity contribution in [2.45, 2.75) is 24.9 Å². The fourth-order valence-electron chi connectivity index (χ4n) is 4.13. The molecule has 0 aliphatic carbocycles. The summed E-state index contributed by atoms with van der Waals surface area (Å²) >= 11 is 0. The Morgan fingerprint density at radius 2 is 2.12 bits per heavy atom. The van der Waals surface area contributed by atoms with Crippen LogP contribution in [-0.4, -0.2) is 77.3 Å². The lowest BCUT2D eigenvalue weighted by Crippen LogP contribution is -2.41. The Kier molecular flexibility index (Phi) is 4.00. The highest BCUT2D eigenvalue weighted by Crippen LogP contribution is 2.33. The minimum Gasteiger partial charge on any atom is -0.361 e. The van der Waals surface area contributed by atoms with E-state index in [0.29, 0.717) is 12.0 Å². The maximum absolute atomic E-state index is 13.0. The molecule has 3 heterocycles. The summed E-state index contributed by atoms with van der Waals surface area (Å²) in [6.07, 6.45) is 3.21. The number of hydrogen-bond donors (Lipinski definition) is 1. The van der Waals surface area contributed by atoms with Crippen LogP contribution in [0.5, 0.6) is 0 Å². The predicted octanol–water partition coefficient (Wildman–Crippen LogP) is 1.54. The van der Waals surface area contributed by atoms with E-state index in [4.69, 9.17) is 0 Å². The molecule has 132 valence electrons. The van der Waals surface area contributed by atoms with Crippen molar-refractivity contribution in [3.05, 3.63) is 36.0 Å². The molecule has 1 N–H and O–H groups in total. The number of likely N-dealkylation sites (tertiary alicyclic amines) is 2. The molecule has 0 bridgehead atoms. The minimum atomic E-state index is 0.0177. The topological polar surface area (TPSA) is 59.6 Å². The molecule has 1 aromatic carbocycles. The van der Waals surface area contributed by atoms with E-state index in [-0.39, 0.29) is 23.9 Å². The normalized spacial score (nSPS) is 23.1. The molecule has 6 nitrogen and oxygen atoms in total. The minimum absolute atomic E-state index is 0.0177. The van der Waals surface area contributed by atoms with Crippen LogP contribution in [0.2, 0.25) is 0 Å². The van der Waals surface area contributed by atoms with Gasteiger partial charge in [-0.15, -0.1) is 0 Å². The first-order valence-corrected chi connectivity index (χ1v) is 8.87. The number of nitrogens with one attached hydrogen (secondary N) is 1. The highest BCUT2D eigenvalue weighted by atomic mass is 16.2. The standard InChI is InChI=1S/C19H24N4O2/c1-21(2)9-10-22-16-6-8-23(17(16)12-18(22)24)19(25)14-3-4-15-13(11-14)5-7-20-15/h3-5,7,11,16-17,20H,6,8-10,12H2,1-2H3/t16-,17+/m1/s1. The smallest absolute Gasteiger partial charge is 0.254 e. The van der Waals surface area contributed by atoms with Crippen LogP contribution in [0.25, 0.3) is 10.9 Å². The highest BCUT2D eigenvalue weighted by molar-refractivity contribution is 5.99. The van der Waals surface area contributed by atoms with Crippen LogP contribution in [0.4, 0.5) is 0 Å². The van der Waals surface area contributed by atoms with Gasteiger partial charge in [-0.2, -0.15) is 0 Å². The van der Waals surface area contributed by atoms with E-state index in [9.17, 15) is 9.59 Å². The number of likely N-dealkylation sites (N-methyl/N-ethyl adjacent to an activating group) is 1. The maximum atomic E-state index is 13.0. The second-order valence-electron chi connectivity index (χ2n) is 7.30. The molecule has 2 atom stereocenters. The summed E-state index contributed by atoms with van der Waals surface area (Å²) in [7, 11) is 4.03. The number of fused-ring (bicyclic) bond motifs is 2. The largest absolute Gasteiger partial charge is 0.361 e. The van der Waals surface area contributed by atoms with Crippen molar-refractivity contribution >= 4 is 22.7 Å². The molecule has 0 radical (unpaired) electrons. The second-order valence-corrected chi connectivity index (χ2v) is 7.30. The molecule has 25 heavy (non-hydrogen) atoms. The van der Waals surface area contributed by atoms with Gasteiger partial charge in [-0.3, -0.25) is 9.59 Å². The number of carbonyl (C=O) groups excluding carboxylic acids is 2. The van der Waals surface area contributed by atoms with Gasteiger partial charge in [-0.05, 0) is 44.8 Å². The van der Waals surface area contributed by atoms with Gasteiger partial charge in [0.25, 0.3) is 5.91 Å². The van der Waals surface area contributed by atoms with Gasteiger partial charge >= 0.3 is 0 Å². The lowest BCUT2D eigenvalue weighted by molar-refractivity contribution is -0.129. The Balaban J connectivity index is 1.52. The van der Waals surface area contributed by atoms with E-state index in [2.05, 4.69) is 9.88 Å². The zero-order valence-corrected chi connectivity index (χ0v) is 14.7. The molecule has 2 saturated heterocycles. The summed E-state index contributed by atoms with van der Waals surface area (Å²) < 4.78 is 0. The molecule has 2 amide bonds. The molecule has 2 fully saturated rings. The average molecular weight is 340 g/mol. The fraction of sp³-hybridized carbons (Fsp3) is 0.474. The van der Waals surface area contributed by atoms with E-state index in [1.165, 1.54) is 0 Å². The Labute approximate surface area is 147 Å². The van der Waals surface area contributed by atoms with Crippen LogP contribution in [0.3, 0.4) is 0 Å². The van der Waals surface area contributed by atoms with E-state index < -0.39 is 0 Å². The van der Waals surface area contributed by atoms with Gasteiger partial charge in [-0.1, -0.05) is 0 Å². The monoisotopic (exact) mass is 340 g/mol. The molecule has 0 unspecified atom stereocenters. The number of H-pyrrole nitrogens is 1. The first-order valence-electron chi connectivity index (χ1n) is 8.87. The van der Waals surface area contributed by atoms with E-state index in [1.807, 2.05) is 54.4 Å². The molecule has 2 aliphatic rings. The highest BCUT2D eigenvalue weighted by Gasteiger charge is 2.48. The molecular formula is C19H24N4O2. The van der Waals surface area contributed by atoms with Crippen LogP contribution in [0.1, 0.15) is 23.2 Å². The number of hydrogen-bond acceptors (Lipinski definition) is 3. The Bertz CT molecular complexity index is 813. The van der Waals surface area contributed by atoms with Gasteiger partial charge in [0, 0.05) is 48.7 Å². The molecule has 4 rings (SSSR count). The first-order chi connectivity index (χ1) is 12.0. The maximum Gasteiger partial charge on any atom is 0.254 e. The second kappa shape index (κ2) is 6.19. The van der Waals surface area contributed by atoms with Gasteiger partial charge in [-0.25, -0.2) is 0 Å². The van der Waals surface area contributed by atoms with Gasteiger partial charge < -0.3 is 19.7 Å². The van der Waals surface area contributed by atoms with Crippen molar-refractivity contribution in [3.8, 4) is 0 Å². The van der Waals surface area contributed by atoms with E-state index in [0.717, 1.165) is 37.0 Å². The lowest BCUT2D eigenvalue weighted by Gasteiger charge is -2.26. The first kappa shape index (κ1) is 16.1. The molecule has 2 aromatic rings. The molecule has 6 heteroatoms. The van der Waals surface area contributed by atoms with Gasteiger partial charge in [0.1, 0.15) is 0 Å². The fourth-order valence-corrected chi connectivity index (χ4v) is 4.13. The zero-order valence-electron chi connectivity index (χ0n) is 14.7. The van der Waals surface area contributed by atoms with Gasteiger partial charge in [0.05, 0.1) is 12.1 Å². The summed E-state index contributed by atoms with van der Waals surface area (Å²) in [6.45, 7) is 2.32. The zero-order chi connectivity index (χ0) is 17.6. The summed E-state index contributed by atoms with van der Waals surface area (Å²) in [5, 5.41) is 1.04. The van der Waals surface area contributed by atoms with E-state index in [1.54, 1.807) is 0 Å². The third-order valence-electron chi connectivity index (χ3n) is 5.46. The van der Waals surface area contributed by atoms with Crippen LogP contribution >= 0.6 is 0 Å². The van der Waals surface area contributed by atoms with Crippen molar-refractivity contribution in [2.75, 3.05) is 33.7 Å². The quantitative estimate of drug-likeness (QED) is 0.919. The summed E-state index contributed by atoms with van der Waals surface area (Å²) in [5.41, 5.74) is 1.73. The van der Waals surface area contributed by atoms with Crippen LogP contribution in [0, 0.1) is 0 Å². The molecule has 0 spiro atoms. The summed E-state index contributed by atoms with van der Waals surface area (Å²) in [5.74, 6) is 0.216. The third kappa shape index (κ3) is 2.80. The number of aromatic nitrogens is 1. The Hall–Kier alpha value is -2.34. The molecular weight excluding hydrogens is 316 g/mol. The van der Waals surface area contributed by atoms with Crippen LogP contribution in [0.15, 0.2) is 30.5 Å². The van der Waals surface area contributed by atoms with Crippen molar-refractivity contribution in [1.29, 1.82) is 0 Å². The van der Waals surface area contributed by atoms with E-state index >= 15 is 0 Å². The van der Waals surface area contributed by atoms with Crippen LogP contribution < -0.4 is 0 Å². The third-order valence-corrected chi connectivity index (χ3v) is 5.46. The Morgan fingerprint density at radius 3 is 2.92 bits per heavy atom. The summed E-state index contributed by atoms with van der Waals surface area (Å²) in [6, 6.07) is 7.91.